The first-order valence-corrected chi connectivity index (χ1v) is 8.04. The second-order valence-electron chi connectivity index (χ2n) is 5.84. The summed E-state index contributed by atoms with van der Waals surface area (Å²) in [6.07, 6.45) is 3.13. The van der Waals surface area contributed by atoms with E-state index in [2.05, 4.69) is 20.4 Å². The number of carbonyl (C=O) groups is 1. The second-order valence-corrected chi connectivity index (χ2v) is 5.84. The van der Waals surface area contributed by atoms with E-state index in [1.54, 1.807) is 23.1 Å². The molecule has 2 heterocycles. The number of amides is 1. The molecular weight excluding hydrogens is 330 g/mol. The molecule has 0 unspecified atom stereocenters. The smallest absolute Gasteiger partial charge is 0.256 e. The van der Waals surface area contributed by atoms with Gasteiger partial charge in [-0.3, -0.25) is 9.59 Å². The van der Waals surface area contributed by atoms with Gasteiger partial charge in [-0.25, -0.2) is 9.67 Å². The number of para-hydroxylation sites is 1. The first-order valence-electron chi connectivity index (χ1n) is 8.04. The Kier molecular flexibility index (Phi) is 4.03. The van der Waals surface area contributed by atoms with Crippen molar-refractivity contribution in [1.82, 2.24) is 19.7 Å². The highest BCUT2D eigenvalue weighted by Crippen LogP contribution is 2.17. The third-order valence-electron chi connectivity index (χ3n) is 4.02. The van der Waals surface area contributed by atoms with Gasteiger partial charge in [-0.15, -0.1) is 0 Å². The van der Waals surface area contributed by atoms with Crippen molar-refractivity contribution in [3.05, 3.63) is 88.7 Å². The number of rotatable bonds is 4. The van der Waals surface area contributed by atoms with Crippen molar-refractivity contribution in [1.29, 1.82) is 0 Å². The number of fused-ring (bicyclic) bond motifs is 1. The summed E-state index contributed by atoms with van der Waals surface area (Å²) in [6, 6.07) is 16.0. The topological polar surface area (TPSA) is 92.7 Å². The van der Waals surface area contributed by atoms with Crippen molar-refractivity contribution in [3.63, 3.8) is 0 Å². The highest BCUT2D eigenvalue weighted by atomic mass is 16.2. The first-order chi connectivity index (χ1) is 12.7. The van der Waals surface area contributed by atoms with Gasteiger partial charge in [0.05, 0.1) is 12.1 Å². The number of hydrogen-bond donors (Lipinski definition) is 2. The molecule has 2 N–H and O–H groups in total. The van der Waals surface area contributed by atoms with Crippen molar-refractivity contribution in [2.75, 3.05) is 5.32 Å². The fourth-order valence-corrected chi connectivity index (χ4v) is 2.79. The Labute approximate surface area is 148 Å². The summed E-state index contributed by atoms with van der Waals surface area (Å²) in [6.45, 7) is 0.604. The molecule has 7 heteroatoms. The molecule has 0 bridgehead atoms. The number of nitrogens with one attached hydrogen (secondary N) is 2. The van der Waals surface area contributed by atoms with E-state index < -0.39 is 0 Å². The van der Waals surface area contributed by atoms with Gasteiger partial charge in [0, 0.05) is 22.7 Å². The molecule has 0 aliphatic heterocycles. The zero-order chi connectivity index (χ0) is 17.9. The third-order valence-corrected chi connectivity index (χ3v) is 4.02. The highest BCUT2D eigenvalue weighted by molar-refractivity contribution is 6.12. The second kappa shape index (κ2) is 6.64. The largest absolute Gasteiger partial charge is 0.322 e. The van der Waals surface area contributed by atoms with Crippen molar-refractivity contribution in [3.8, 4) is 0 Å². The number of H-pyrrole nitrogens is 1. The maximum Gasteiger partial charge on any atom is 0.256 e. The van der Waals surface area contributed by atoms with Crippen LogP contribution in [-0.4, -0.2) is 25.7 Å². The van der Waals surface area contributed by atoms with E-state index in [1.807, 2.05) is 36.4 Å². The molecule has 0 aliphatic rings. The van der Waals surface area contributed by atoms with Crippen LogP contribution in [0.2, 0.25) is 0 Å². The summed E-state index contributed by atoms with van der Waals surface area (Å²) in [4.78, 5) is 31.1. The number of benzene rings is 2. The van der Waals surface area contributed by atoms with E-state index in [4.69, 9.17) is 0 Å². The summed E-state index contributed by atoms with van der Waals surface area (Å²) in [7, 11) is 0. The van der Waals surface area contributed by atoms with Crippen LogP contribution in [0.1, 0.15) is 15.9 Å². The SMILES string of the molecule is O=C(Nc1ccc(Cn2cncn2)cc1)c1cc(=O)[nH]c2ccccc12. The number of aromatic nitrogens is 4. The van der Waals surface area contributed by atoms with Crippen LogP contribution in [0.5, 0.6) is 0 Å². The van der Waals surface area contributed by atoms with E-state index in [0.717, 1.165) is 5.56 Å². The Morgan fingerprint density at radius 1 is 1.12 bits per heavy atom. The van der Waals surface area contributed by atoms with Crippen LogP contribution in [0.25, 0.3) is 10.9 Å². The summed E-state index contributed by atoms with van der Waals surface area (Å²) in [5.74, 6) is -0.323. The molecule has 0 radical (unpaired) electrons. The van der Waals surface area contributed by atoms with E-state index in [9.17, 15) is 9.59 Å². The van der Waals surface area contributed by atoms with Crippen LogP contribution >= 0.6 is 0 Å². The normalized spacial score (nSPS) is 10.8. The van der Waals surface area contributed by atoms with Crippen molar-refractivity contribution in [2.45, 2.75) is 6.54 Å². The number of carbonyl (C=O) groups excluding carboxylic acids is 1. The van der Waals surface area contributed by atoms with Crippen LogP contribution in [0, 0.1) is 0 Å². The van der Waals surface area contributed by atoms with E-state index in [1.165, 1.54) is 12.4 Å². The van der Waals surface area contributed by atoms with Gasteiger partial charge < -0.3 is 10.3 Å². The number of nitrogens with zero attached hydrogens (tertiary/aromatic N) is 3. The quantitative estimate of drug-likeness (QED) is 0.594. The van der Waals surface area contributed by atoms with Crippen molar-refractivity contribution >= 4 is 22.5 Å². The molecule has 128 valence electrons. The number of aromatic amines is 1. The van der Waals surface area contributed by atoms with E-state index in [-0.39, 0.29) is 11.5 Å². The lowest BCUT2D eigenvalue weighted by Crippen LogP contribution is -2.16. The maximum absolute atomic E-state index is 12.6. The summed E-state index contributed by atoms with van der Waals surface area (Å²) >= 11 is 0. The van der Waals surface area contributed by atoms with Crippen LogP contribution < -0.4 is 10.9 Å². The molecule has 0 spiro atoms. The van der Waals surface area contributed by atoms with Gasteiger partial charge in [0.1, 0.15) is 12.7 Å². The summed E-state index contributed by atoms with van der Waals surface area (Å²) in [5, 5.41) is 7.60. The van der Waals surface area contributed by atoms with Crippen LogP contribution in [0.15, 0.2) is 72.0 Å². The Morgan fingerprint density at radius 2 is 1.92 bits per heavy atom. The summed E-state index contributed by atoms with van der Waals surface area (Å²) < 4.78 is 1.72. The Balaban J connectivity index is 1.56. The monoisotopic (exact) mass is 345 g/mol. The molecule has 4 rings (SSSR count). The van der Waals surface area contributed by atoms with Gasteiger partial charge >= 0.3 is 0 Å². The molecule has 7 nitrogen and oxygen atoms in total. The predicted molar refractivity (Wildman–Crippen MR) is 98.1 cm³/mol. The number of hydrogen-bond acceptors (Lipinski definition) is 4. The molecule has 0 aliphatic carbocycles. The van der Waals surface area contributed by atoms with Crippen molar-refractivity contribution < 1.29 is 4.79 Å². The van der Waals surface area contributed by atoms with Gasteiger partial charge in [-0.2, -0.15) is 5.10 Å². The van der Waals surface area contributed by atoms with Gasteiger partial charge in [0.15, 0.2) is 0 Å². The lowest BCUT2D eigenvalue weighted by atomic mass is 10.1. The van der Waals surface area contributed by atoms with E-state index in [0.29, 0.717) is 28.7 Å². The summed E-state index contributed by atoms with van der Waals surface area (Å²) in [5.41, 5.74) is 2.36. The first kappa shape index (κ1) is 15.8. The Hall–Kier alpha value is -3.74. The van der Waals surface area contributed by atoms with Gasteiger partial charge in [0.2, 0.25) is 5.56 Å². The molecule has 2 aromatic heterocycles. The minimum atomic E-state index is -0.323. The van der Waals surface area contributed by atoms with Gasteiger partial charge in [-0.05, 0) is 23.8 Å². The highest BCUT2D eigenvalue weighted by Gasteiger charge is 2.12. The molecule has 1 amide bonds. The molecule has 0 saturated carbocycles. The minimum Gasteiger partial charge on any atom is -0.322 e. The average molecular weight is 345 g/mol. The Morgan fingerprint density at radius 3 is 2.69 bits per heavy atom. The third kappa shape index (κ3) is 3.23. The fourth-order valence-electron chi connectivity index (χ4n) is 2.79. The van der Waals surface area contributed by atoms with Crippen LogP contribution in [0.3, 0.4) is 0 Å². The Bertz CT molecular complexity index is 1110. The molecular formula is C19H15N5O2. The molecule has 0 saturated heterocycles. The lowest BCUT2D eigenvalue weighted by molar-refractivity contribution is 0.102. The fraction of sp³-hybridized carbons (Fsp3) is 0.0526. The number of pyridine rings is 1. The average Bonchev–Trinajstić information content (AvgIpc) is 3.15. The zero-order valence-corrected chi connectivity index (χ0v) is 13.7. The molecule has 4 aromatic rings. The molecule has 26 heavy (non-hydrogen) atoms. The predicted octanol–water partition coefficient (Wildman–Crippen LogP) is 2.42. The molecule has 2 aromatic carbocycles. The lowest BCUT2D eigenvalue weighted by Gasteiger charge is -2.09. The molecule has 0 atom stereocenters. The van der Waals surface area contributed by atoms with Crippen molar-refractivity contribution in [2.24, 2.45) is 0 Å². The standard InChI is InChI=1S/C19H15N5O2/c25-18-9-16(15-3-1-2-4-17(15)23-18)19(26)22-14-7-5-13(6-8-14)10-24-12-20-11-21-24/h1-9,11-12H,10H2,(H,22,26)(H,23,25). The van der Waals surface area contributed by atoms with E-state index >= 15 is 0 Å². The maximum atomic E-state index is 12.6. The van der Waals surface area contributed by atoms with Gasteiger partial charge in [0.25, 0.3) is 5.91 Å². The van der Waals surface area contributed by atoms with Crippen LogP contribution in [0.4, 0.5) is 5.69 Å². The van der Waals surface area contributed by atoms with Gasteiger partial charge in [-0.1, -0.05) is 30.3 Å². The zero-order valence-electron chi connectivity index (χ0n) is 13.7. The minimum absolute atomic E-state index is 0.308. The molecule has 0 fully saturated rings. The van der Waals surface area contributed by atoms with Crippen LogP contribution in [-0.2, 0) is 6.54 Å². The number of anilines is 1.